The van der Waals surface area contributed by atoms with E-state index in [0.29, 0.717) is 28.8 Å². The summed E-state index contributed by atoms with van der Waals surface area (Å²) in [6, 6.07) is 19.2. The highest BCUT2D eigenvalue weighted by Crippen LogP contribution is 2.28. The number of pyridine rings is 1. The minimum atomic E-state index is -0.466. The van der Waals surface area contributed by atoms with Crippen LogP contribution in [0, 0.1) is 11.6 Å². The molecule has 164 valence electrons. The molecular weight excluding hydrogens is 426 g/mol. The maximum absolute atomic E-state index is 14.1. The van der Waals surface area contributed by atoms with Gasteiger partial charge in [0.25, 0.3) is 5.56 Å². The zero-order chi connectivity index (χ0) is 22.9. The van der Waals surface area contributed by atoms with Gasteiger partial charge >= 0.3 is 0 Å². The number of carbonyl (C=O) groups excluding carboxylic acids is 1. The van der Waals surface area contributed by atoms with Crippen LogP contribution in [0.2, 0.25) is 0 Å². The van der Waals surface area contributed by atoms with Gasteiger partial charge in [0.05, 0.1) is 11.1 Å². The van der Waals surface area contributed by atoms with Crippen LogP contribution in [-0.2, 0) is 17.9 Å². The number of halogens is 2. The van der Waals surface area contributed by atoms with Crippen LogP contribution in [-0.4, -0.2) is 20.3 Å². The third kappa shape index (κ3) is 4.10. The fourth-order valence-corrected chi connectivity index (χ4v) is 3.83. The molecule has 0 spiro atoms. The lowest BCUT2D eigenvalue weighted by atomic mass is 10.1. The topological polar surface area (TPSA) is 68.9 Å². The number of nitrogens with zero attached hydrogens (tertiary/aromatic N) is 3. The maximum Gasteiger partial charge on any atom is 0.278 e. The first-order valence-electron chi connectivity index (χ1n) is 10.3. The zero-order valence-electron chi connectivity index (χ0n) is 17.3. The van der Waals surface area contributed by atoms with Crippen molar-refractivity contribution in [1.29, 1.82) is 0 Å². The Morgan fingerprint density at radius 1 is 0.939 bits per heavy atom. The van der Waals surface area contributed by atoms with Crippen molar-refractivity contribution in [3.05, 3.63) is 107 Å². The van der Waals surface area contributed by atoms with E-state index in [-0.39, 0.29) is 17.9 Å². The van der Waals surface area contributed by atoms with Gasteiger partial charge in [0.1, 0.15) is 23.9 Å². The van der Waals surface area contributed by atoms with Gasteiger partial charge in [-0.05, 0) is 48.0 Å². The molecule has 2 heterocycles. The molecule has 0 saturated heterocycles. The molecule has 33 heavy (non-hydrogen) atoms. The van der Waals surface area contributed by atoms with Crippen molar-refractivity contribution in [3.63, 3.8) is 0 Å². The normalized spacial score (nSPS) is 11.2. The van der Waals surface area contributed by atoms with Gasteiger partial charge in [0.15, 0.2) is 0 Å². The van der Waals surface area contributed by atoms with E-state index >= 15 is 0 Å². The van der Waals surface area contributed by atoms with E-state index in [1.165, 1.54) is 24.3 Å². The fraction of sp³-hybridized carbons (Fsp3) is 0.0800. The minimum Gasteiger partial charge on any atom is -0.342 e. The van der Waals surface area contributed by atoms with E-state index in [1.54, 1.807) is 53.2 Å². The average molecular weight is 444 g/mol. The molecule has 3 aromatic rings. The van der Waals surface area contributed by atoms with Gasteiger partial charge in [-0.25, -0.2) is 13.5 Å². The highest BCUT2D eigenvalue weighted by atomic mass is 19.1. The van der Waals surface area contributed by atoms with Crippen molar-refractivity contribution < 1.29 is 13.6 Å². The number of amides is 1. The molecular formula is C25H18F2N4O2. The lowest BCUT2D eigenvalue weighted by molar-refractivity contribution is -0.116. The average Bonchev–Trinajstić information content (AvgIpc) is 3.11. The summed E-state index contributed by atoms with van der Waals surface area (Å²) in [4.78, 5) is 25.5. The van der Waals surface area contributed by atoms with Gasteiger partial charge in [-0.15, -0.1) is 0 Å². The minimum absolute atomic E-state index is 0.266. The molecule has 3 aromatic carbocycles. The molecule has 1 N–H and O–H groups in total. The molecule has 0 radical (unpaired) electrons. The second kappa shape index (κ2) is 8.31. The Bertz CT molecular complexity index is 1490. The van der Waals surface area contributed by atoms with Crippen molar-refractivity contribution in [2.75, 3.05) is 5.32 Å². The van der Waals surface area contributed by atoms with Gasteiger partial charge in [0.2, 0.25) is 5.91 Å². The summed E-state index contributed by atoms with van der Waals surface area (Å²) in [6.45, 7) is 0.0641. The molecule has 8 heteroatoms. The van der Waals surface area contributed by atoms with E-state index < -0.39 is 17.3 Å². The van der Waals surface area contributed by atoms with Crippen molar-refractivity contribution in [2.24, 2.45) is 0 Å². The predicted octanol–water partition coefficient (Wildman–Crippen LogP) is 4.27. The Labute approximate surface area is 187 Å². The summed E-state index contributed by atoms with van der Waals surface area (Å²) in [6.07, 6.45) is 1.64. The summed E-state index contributed by atoms with van der Waals surface area (Å²) in [5.41, 5.74) is 2.21. The zero-order valence-corrected chi connectivity index (χ0v) is 17.3. The smallest absolute Gasteiger partial charge is 0.278 e. The Balaban J connectivity index is 1.56. The van der Waals surface area contributed by atoms with Crippen LogP contribution in [0.3, 0.4) is 0 Å². The molecule has 0 aliphatic carbocycles. The number of para-hydroxylation sites is 1. The van der Waals surface area contributed by atoms with Crippen LogP contribution in [0.15, 0.2) is 83.8 Å². The van der Waals surface area contributed by atoms with E-state index in [1.807, 2.05) is 6.07 Å². The van der Waals surface area contributed by atoms with E-state index in [9.17, 15) is 18.4 Å². The third-order valence-corrected chi connectivity index (χ3v) is 5.37. The Hall–Kier alpha value is -4.33. The number of rotatable bonds is 5. The standard InChI is InChI=1S/C25H18F2N4O2/c26-17-8-6-16(7-9-17)13-30-14-21-24(20-12-18(27)10-11-22(20)30)29-31(25(21)33)15-23(32)28-19-4-2-1-3-5-19/h1-12,14H,13,15H2,(H,28,32). The van der Waals surface area contributed by atoms with E-state index in [0.717, 1.165) is 10.2 Å². The number of hydrogen-bond donors (Lipinski definition) is 1. The van der Waals surface area contributed by atoms with Crippen molar-refractivity contribution >= 4 is 22.5 Å². The molecule has 2 aliphatic heterocycles. The largest absolute Gasteiger partial charge is 0.342 e. The summed E-state index contributed by atoms with van der Waals surface area (Å²) in [5, 5.41) is 7.51. The van der Waals surface area contributed by atoms with E-state index in [2.05, 4.69) is 10.4 Å². The summed E-state index contributed by atoms with van der Waals surface area (Å²) in [7, 11) is 0. The monoisotopic (exact) mass is 444 g/mol. The number of carbonyl (C=O) groups is 1. The quantitative estimate of drug-likeness (QED) is 0.440. The highest BCUT2D eigenvalue weighted by molar-refractivity contribution is 5.94. The lowest BCUT2D eigenvalue weighted by Gasteiger charge is -2.14. The SMILES string of the molecule is O=C(Cn1nc2c3cc(F)ccc3n(Cc3ccc(F)cc3)cc-2c1=O)Nc1ccccc1. The van der Waals surface area contributed by atoms with Crippen LogP contribution >= 0.6 is 0 Å². The lowest BCUT2D eigenvalue weighted by Crippen LogP contribution is -2.26. The molecule has 0 saturated carbocycles. The van der Waals surface area contributed by atoms with Gasteiger partial charge in [-0.3, -0.25) is 9.59 Å². The van der Waals surface area contributed by atoms with Crippen molar-refractivity contribution in [1.82, 2.24) is 14.3 Å². The van der Waals surface area contributed by atoms with Crippen LogP contribution in [0.5, 0.6) is 0 Å². The Kier molecular flexibility index (Phi) is 5.18. The molecule has 6 nitrogen and oxygen atoms in total. The van der Waals surface area contributed by atoms with Crippen LogP contribution < -0.4 is 10.9 Å². The molecule has 1 amide bonds. The number of aromatic nitrogens is 3. The molecule has 0 fully saturated rings. The molecule has 2 aliphatic rings. The summed E-state index contributed by atoms with van der Waals surface area (Å²) in [5.74, 6) is -1.21. The van der Waals surface area contributed by atoms with Crippen molar-refractivity contribution in [2.45, 2.75) is 13.1 Å². The number of benzene rings is 3. The van der Waals surface area contributed by atoms with Crippen molar-refractivity contribution in [3.8, 4) is 11.3 Å². The van der Waals surface area contributed by atoms with E-state index in [4.69, 9.17) is 0 Å². The third-order valence-electron chi connectivity index (χ3n) is 5.37. The molecule has 5 rings (SSSR count). The Morgan fingerprint density at radius 3 is 2.42 bits per heavy atom. The van der Waals surface area contributed by atoms with Gasteiger partial charge < -0.3 is 9.88 Å². The van der Waals surface area contributed by atoms with Gasteiger partial charge in [-0.1, -0.05) is 30.3 Å². The first kappa shape index (κ1) is 20.6. The number of nitrogens with one attached hydrogen (secondary N) is 1. The fourth-order valence-electron chi connectivity index (χ4n) is 3.83. The number of fused-ring (bicyclic) bond motifs is 3. The number of anilines is 1. The molecule has 0 unspecified atom stereocenters. The second-order valence-corrected chi connectivity index (χ2v) is 7.68. The molecule has 0 atom stereocenters. The van der Waals surface area contributed by atoms with Crippen LogP contribution in [0.1, 0.15) is 5.56 Å². The van der Waals surface area contributed by atoms with Gasteiger partial charge in [-0.2, -0.15) is 5.10 Å². The maximum atomic E-state index is 14.1. The highest BCUT2D eigenvalue weighted by Gasteiger charge is 2.22. The predicted molar refractivity (Wildman–Crippen MR) is 121 cm³/mol. The number of hydrogen-bond acceptors (Lipinski definition) is 3. The summed E-state index contributed by atoms with van der Waals surface area (Å²) >= 11 is 0. The molecule has 0 bridgehead atoms. The van der Waals surface area contributed by atoms with Gasteiger partial charge in [0, 0.05) is 23.8 Å². The van der Waals surface area contributed by atoms with Crippen LogP contribution in [0.4, 0.5) is 14.5 Å². The molecule has 0 aromatic heterocycles. The van der Waals surface area contributed by atoms with Crippen LogP contribution in [0.25, 0.3) is 22.2 Å². The first-order valence-corrected chi connectivity index (χ1v) is 10.3. The first-order chi connectivity index (χ1) is 16.0. The second-order valence-electron chi connectivity index (χ2n) is 7.68. The Morgan fingerprint density at radius 2 is 1.67 bits per heavy atom. The summed E-state index contributed by atoms with van der Waals surface area (Å²) < 4.78 is 30.3.